The van der Waals surface area contributed by atoms with Gasteiger partial charge in [0.1, 0.15) is 16.9 Å². The topological polar surface area (TPSA) is 61.4 Å². The quantitative estimate of drug-likeness (QED) is 0.221. The van der Waals surface area contributed by atoms with Crippen LogP contribution in [-0.2, 0) is 10.3 Å². The minimum atomic E-state index is -0.669. The van der Waals surface area contributed by atoms with Crippen molar-refractivity contribution in [1.82, 2.24) is 18.9 Å². The van der Waals surface area contributed by atoms with Crippen LogP contribution < -0.4 is 0 Å². The molecule has 3 aromatic heterocycles. The Morgan fingerprint density at radius 2 is 1.35 bits per heavy atom. The molecule has 3 heterocycles. The van der Waals surface area contributed by atoms with E-state index < -0.39 is 11.5 Å². The molecule has 180 valence electrons. The van der Waals surface area contributed by atoms with Crippen molar-refractivity contribution in [3.63, 3.8) is 0 Å². The third kappa shape index (κ3) is 3.70. The summed E-state index contributed by atoms with van der Waals surface area (Å²) in [7, 11) is 1.38. The van der Waals surface area contributed by atoms with Crippen LogP contribution in [-0.4, -0.2) is 32.0 Å². The van der Waals surface area contributed by atoms with Crippen molar-refractivity contribution in [2.75, 3.05) is 7.11 Å². The van der Waals surface area contributed by atoms with Crippen LogP contribution >= 0.6 is 0 Å². The molecule has 0 N–H and O–H groups in total. The third-order valence-corrected chi connectivity index (χ3v) is 6.74. The van der Waals surface area contributed by atoms with Gasteiger partial charge in [-0.15, -0.1) is 0 Å². The standard InChI is InChI=1S/C31H24N4O2/c1-37-30(36)28-19-23(20-29-32-17-18-35(28)29)27-21-34(22-33-27)31(24-11-5-2-6-12-24,25-13-7-3-8-14-25)26-15-9-4-10-16-26/h2-22H,1H3. The van der Waals surface area contributed by atoms with Gasteiger partial charge < -0.3 is 9.30 Å². The first-order valence-corrected chi connectivity index (χ1v) is 12.0. The van der Waals surface area contributed by atoms with Gasteiger partial charge in [0, 0.05) is 24.2 Å². The zero-order chi connectivity index (χ0) is 25.2. The lowest BCUT2D eigenvalue weighted by atomic mass is 9.77. The highest BCUT2D eigenvalue weighted by Gasteiger charge is 2.38. The number of imidazole rings is 2. The number of aromatic nitrogens is 4. The average molecular weight is 485 g/mol. The summed E-state index contributed by atoms with van der Waals surface area (Å²) in [6, 6.07) is 35.0. The van der Waals surface area contributed by atoms with Crippen molar-refractivity contribution < 1.29 is 9.53 Å². The van der Waals surface area contributed by atoms with Gasteiger partial charge in [-0.25, -0.2) is 14.8 Å². The number of ether oxygens (including phenoxy) is 1. The number of nitrogens with zero attached hydrogens (tertiary/aromatic N) is 4. The molecular formula is C31H24N4O2. The summed E-state index contributed by atoms with van der Waals surface area (Å²) in [5.41, 5.74) is 5.19. The molecule has 0 saturated carbocycles. The molecule has 0 atom stereocenters. The highest BCUT2D eigenvalue weighted by atomic mass is 16.5. The first-order valence-electron chi connectivity index (χ1n) is 12.0. The molecule has 0 spiro atoms. The molecule has 6 rings (SSSR count). The fourth-order valence-corrected chi connectivity index (χ4v) is 5.07. The second kappa shape index (κ2) is 9.24. The van der Waals surface area contributed by atoms with E-state index in [-0.39, 0.29) is 0 Å². The fraction of sp³-hybridized carbons (Fsp3) is 0.0645. The Balaban J connectivity index is 1.61. The maximum absolute atomic E-state index is 12.5. The van der Waals surface area contributed by atoms with Crippen molar-refractivity contribution in [2.45, 2.75) is 5.54 Å². The molecule has 6 heteroatoms. The van der Waals surface area contributed by atoms with E-state index in [0.29, 0.717) is 11.3 Å². The van der Waals surface area contributed by atoms with E-state index in [0.717, 1.165) is 27.9 Å². The van der Waals surface area contributed by atoms with Crippen LogP contribution in [0.4, 0.5) is 0 Å². The van der Waals surface area contributed by atoms with Crippen LogP contribution in [0.3, 0.4) is 0 Å². The highest BCUT2D eigenvalue weighted by Crippen LogP contribution is 2.41. The lowest BCUT2D eigenvalue weighted by Crippen LogP contribution is -2.36. The normalized spacial score (nSPS) is 11.5. The highest BCUT2D eigenvalue weighted by molar-refractivity contribution is 5.90. The number of benzene rings is 3. The first-order chi connectivity index (χ1) is 18.2. The number of hydrogen-bond donors (Lipinski definition) is 0. The van der Waals surface area contributed by atoms with Crippen LogP contribution in [0.5, 0.6) is 0 Å². The Labute approximate surface area is 214 Å². The monoisotopic (exact) mass is 484 g/mol. The molecule has 6 aromatic rings. The van der Waals surface area contributed by atoms with Gasteiger partial charge in [-0.2, -0.15) is 0 Å². The summed E-state index contributed by atoms with van der Waals surface area (Å²) in [5.74, 6) is -0.434. The van der Waals surface area contributed by atoms with Gasteiger partial charge in [0.15, 0.2) is 0 Å². The second-order valence-corrected chi connectivity index (χ2v) is 8.75. The lowest BCUT2D eigenvalue weighted by molar-refractivity contribution is 0.0592. The molecule has 0 radical (unpaired) electrons. The Morgan fingerprint density at radius 1 is 0.784 bits per heavy atom. The molecule has 6 nitrogen and oxygen atoms in total. The molecule has 0 bridgehead atoms. The molecule has 0 fully saturated rings. The summed E-state index contributed by atoms with van der Waals surface area (Å²) >= 11 is 0. The molecule has 0 amide bonds. The minimum absolute atomic E-state index is 0.391. The van der Waals surface area contributed by atoms with Crippen LogP contribution in [0.15, 0.2) is 128 Å². The number of pyridine rings is 1. The van der Waals surface area contributed by atoms with E-state index in [2.05, 4.69) is 82.3 Å². The Bertz CT molecular complexity index is 1580. The van der Waals surface area contributed by atoms with Crippen molar-refractivity contribution >= 4 is 11.6 Å². The molecular weight excluding hydrogens is 460 g/mol. The van der Waals surface area contributed by atoms with Crippen LogP contribution in [0.2, 0.25) is 0 Å². The summed E-state index contributed by atoms with van der Waals surface area (Å²) in [6.07, 6.45) is 7.29. The average Bonchev–Trinajstić information content (AvgIpc) is 3.65. The van der Waals surface area contributed by atoms with Gasteiger partial charge in [-0.05, 0) is 28.8 Å². The Hall–Kier alpha value is -4.97. The minimum Gasteiger partial charge on any atom is -0.464 e. The number of esters is 1. The second-order valence-electron chi connectivity index (χ2n) is 8.75. The predicted molar refractivity (Wildman–Crippen MR) is 142 cm³/mol. The largest absolute Gasteiger partial charge is 0.464 e. The number of fused-ring (bicyclic) bond motifs is 1. The van der Waals surface area contributed by atoms with Crippen molar-refractivity contribution in [2.24, 2.45) is 0 Å². The summed E-state index contributed by atoms with van der Waals surface area (Å²) in [4.78, 5) is 21.8. The summed E-state index contributed by atoms with van der Waals surface area (Å²) < 4.78 is 8.89. The SMILES string of the molecule is COC(=O)c1cc(-c2cn(C(c3ccccc3)(c3ccccc3)c3ccccc3)cn2)cc2nccn12. The van der Waals surface area contributed by atoms with Gasteiger partial charge in [0.2, 0.25) is 0 Å². The number of hydrogen-bond acceptors (Lipinski definition) is 4. The molecule has 0 unspecified atom stereocenters. The van der Waals surface area contributed by atoms with E-state index in [4.69, 9.17) is 9.72 Å². The maximum Gasteiger partial charge on any atom is 0.355 e. The van der Waals surface area contributed by atoms with Gasteiger partial charge in [0.05, 0.1) is 19.1 Å². The van der Waals surface area contributed by atoms with Gasteiger partial charge in [-0.3, -0.25) is 4.40 Å². The number of rotatable bonds is 6. The number of methoxy groups -OCH3 is 1. The molecule has 37 heavy (non-hydrogen) atoms. The smallest absolute Gasteiger partial charge is 0.355 e. The van der Waals surface area contributed by atoms with E-state index in [1.54, 1.807) is 22.9 Å². The van der Waals surface area contributed by atoms with Crippen LogP contribution in [0.1, 0.15) is 27.2 Å². The summed E-state index contributed by atoms with van der Waals surface area (Å²) in [6.45, 7) is 0. The number of carbonyl (C=O) groups is 1. The van der Waals surface area contributed by atoms with E-state index in [9.17, 15) is 4.79 Å². The zero-order valence-corrected chi connectivity index (χ0v) is 20.2. The summed E-state index contributed by atoms with van der Waals surface area (Å²) in [5, 5.41) is 0. The van der Waals surface area contributed by atoms with Gasteiger partial charge in [-0.1, -0.05) is 91.0 Å². The first kappa shape index (κ1) is 22.5. The van der Waals surface area contributed by atoms with Crippen molar-refractivity contribution in [3.05, 3.63) is 150 Å². The van der Waals surface area contributed by atoms with Crippen molar-refractivity contribution in [3.8, 4) is 11.3 Å². The molecule has 0 aliphatic heterocycles. The Kier molecular flexibility index (Phi) is 5.62. The van der Waals surface area contributed by atoms with Gasteiger partial charge in [0.25, 0.3) is 0 Å². The fourth-order valence-electron chi connectivity index (χ4n) is 5.07. The van der Waals surface area contributed by atoms with Crippen LogP contribution in [0, 0.1) is 0 Å². The maximum atomic E-state index is 12.5. The molecule has 0 aliphatic rings. The number of carbonyl (C=O) groups excluding carboxylic acids is 1. The lowest BCUT2D eigenvalue weighted by Gasteiger charge is -2.37. The van der Waals surface area contributed by atoms with Crippen LogP contribution in [0.25, 0.3) is 16.9 Å². The molecule has 0 aliphatic carbocycles. The molecule has 0 saturated heterocycles. The van der Waals surface area contributed by atoms with E-state index >= 15 is 0 Å². The van der Waals surface area contributed by atoms with Crippen molar-refractivity contribution in [1.29, 1.82) is 0 Å². The van der Waals surface area contributed by atoms with E-state index in [1.165, 1.54) is 7.11 Å². The zero-order valence-electron chi connectivity index (χ0n) is 20.2. The molecule has 3 aromatic carbocycles. The third-order valence-electron chi connectivity index (χ3n) is 6.74. The van der Waals surface area contributed by atoms with Gasteiger partial charge >= 0.3 is 5.97 Å². The predicted octanol–water partition coefficient (Wildman–Crippen LogP) is 5.82. The van der Waals surface area contributed by atoms with E-state index in [1.807, 2.05) is 36.8 Å². The Morgan fingerprint density at radius 3 is 1.89 bits per heavy atom.